The van der Waals surface area contributed by atoms with E-state index >= 15 is 0 Å². The fraction of sp³-hybridized carbons (Fsp3) is 0.120. The molecule has 5 rings (SSSR count). The van der Waals surface area contributed by atoms with E-state index in [4.69, 9.17) is 19.5 Å². The van der Waals surface area contributed by atoms with E-state index in [1.165, 1.54) is 0 Å². The van der Waals surface area contributed by atoms with Crippen LogP contribution in [-0.2, 0) is 33.6 Å². The summed E-state index contributed by atoms with van der Waals surface area (Å²) in [7, 11) is 0. The summed E-state index contributed by atoms with van der Waals surface area (Å²) in [6.45, 7) is 0. The van der Waals surface area contributed by atoms with Crippen LogP contribution in [0.4, 0.5) is 0 Å². The molecule has 144 valence electrons. The topological polar surface area (TPSA) is 52.6 Å². The van der Waals surface area contributed by atoms with Gasteiger partial charge < -0.3 is 0 Å². The molecule has 0 aromatic heterocycles. The number of hydrogen-bond donors (Lipinski definition) is 0. The molecular weight excluding hydrogens is 412 g/mol. The van der Waals surface area contributed by atoms with Gasteiger partial charge in [0.15, 0.2) is 0 Å². The van der Waals surface area contributed by atoms with Crippen molar-refractivity contribution >= 4 is 24.1 Å². The summed E-state index contributed by atoms with van der Waals surface area (Å²) in [5.74, 6) is 2.43. The van der Waals surface area contributed by atoms with E-state index in [9.17, 15) is 9.59 Å². The van der Waals surface area contributed by atoms with Gasteiger partial charge in [-0.1, -0.05) is 0 Å². The predicted molar refractivity (Wildman–Crippen MR) is 109 cm³/mol. The Balaban J connectivity index is 1.79. The third kappa shape index (κ3) is 2.62. The summed E-state index contributed by atoms with van der Waals surface area (Å²) in [5, 5.41) is 0. The summed E-state index contributed by atoms with van der Waals surface area (Å²) in [5.41, 5.74) is 6.20. The minimum absolute atomic E-state index is 0.316. The van der Waals surface area contributed by atoms with Crippen molar-refractivity contribution in [1.82, 2.24) is 0 Å². The van der Waals surface area contributed by atoms with Crippen LogP contribution in [-0.4, -0.2) is 11.9 Å². The molecule has 30 heavy (non-hydrogen) atoms. The second kappa shape index (κ2) is 6.89. The maximum atomic E-state index is 12.5. The Labute approximate surface area is 178 Å². The number of carbonyl (C=O) groups excluding carboxylic acids is 2. The molecule has 2 atom stereocenters. The van der Waals surface area contributed by atoms with E-state index in [1.807, 2.05) is 60.4 Å². The Bertz CT molecular complexity index is 1160. The Kier molecular flexibility index (Phi) is 4.29. The zero-order chi connectivity index (χ0) is 20.9. The van der Waals surface area contributed by atoms with E-state index in [2.05, 4.69) is 12.2 Å². The molecule has 2 aliphatic carbocycles. The monoisotopic (exact) mass is 428 g/mol. The molecule has 2 unspecified atom stereocenters. The summed E-state index contributed by atoms with van der Waals surface area (Å²) in [6.07, 6.45) is 15.7. The van der Waals surface area contributed by atoms with Crippen molar-refractivity contribution < 1.29 is 33.6 Å². The summed E-state index contributed by atoms with van der Waals surface area (Å²) < 4.78 is 11.4. The molecule has 5 heteroatoms. The standard InChI is InChI=1S/C19H14.2C3H2O2.Ti/c1-2-6-17-11-14(10-16(17)5-1)9-15-12-18-7-3-4-8-19(18)13-15;2*1-2-3(4)5;/h1-8,10-13H,9H2;2*1H,(H,4,5);/q;;;+2/p-2. The van der Waals surface area contributed by atoms with Gasteiger partial charge in [0.25, 0.3) is 0 Å². The minimum atomic E-state index is -4.44. The predicted octanol–water partition coefficient (Wildman–Crippen LogP) is 4.00. The van der Waals surface area contributed by atoms with Gasteiger partial charge in [0.05, 0.1) is 0 Å². The first-order valence-corrected chi connectivity index (χ1v) is 12.6. The summed E-state index contributed by atoms with van der Waals surface area (Å²) in [4.78, 5) is 24.9. The number of allylic oxidation sites excluding steroid dienone is 2. The van der Waals surface area contributed by atoms with Gasteiger partial charge in [-0.2, -0.15) is 0 Å². The van der Waals surface area contributed by atoms with E-state index < -0.39 is 29.3 Å². The first kappa shape index (κ1) is 18.7. The fourth-order valence-corrected chi connectivity index (χ4v) is 11.8. The number of carbonyl (C=O) groups is 2. The fourth-order valence-electron chi connectivity index (χ4n) is 5.04. The molecule has 4 nitrogen and oxygen atoms in total. The zero-order valence-corrected chi connectivity index (χ0v) is 17.5. The maximum absolute atomic E-state index is 12.5. The summed E-state index contributed by atoms with van der Waals surface area (Å²) in [6, 6.07) is 15.8. The van der Waals surface area contributed by atoms with Gasteiger partial charge in [-0.15, -0.1) is 0 Å². The van der Waals surface area contributed by atoms with Crippen molar-refractivity contribution in [3.63, 3.8) is 0 Å². The average molecular weight is 428 g/mol. The molecule has 0 radical (unpaired) electrons. The first-order valence-electron chi connectivity index (χ1n) is 9.55. The molecule has 0 N–H and O–H groups in total. The van der Waals surface area contributed by atoms with Crippen molar-refractivity contribution in [3.05, 3.63) is 81.9 Å². The Morgan fingerprint density at radius 2 is 1.23 bits per heavy atom. The van der Waals surface area contributed by atoms with Crippen LogP contribution in [0, 0.1) is 24.7 Å². The Morgan fingerprint density at radius 3 is 1.67 bits per heavy atom. The molecule has 0 amide bonds. The third-order valence-electron chi connectivity index (χ3n) is 5.99. The van der Waals surface area contributed by atoms with E-state index in [1.54, 1.807) is 0 Å². The molecular formula is C25H16O4Ti. The van der Waals surface area contributed by atoms with Crippen molar-refractivity contribution in [2.75, 3.05) is 0 Å². The van der Waals surface area contributed by atoms with E-state index in [-0.39, 0.29) is 8.45 Å². The second-order valence-corrected chi connectivity index (χ2v) is 12.2. The number of rotatable bonds is 2. The molecule has 0 spiro atoms. The molecule has 3 aliphatic rings. The molecule has 1 heterocycles. The Hall–Kier alpha value is -3.31. The quantitative estimate of drug-likeness (QED) is 0.536. The van der Waals surface area contributed by atoms with Crippen LogP contribution >= 0.6 is 0 Å². The number of benzene rings is 2. The molecule has 0 bridgehead atoms. The van der Waals surface area contributed by atoms with Crippen LogP contribution in [0.25, 0.3) is 12.2 Å². The normalized spacial score (nSPS) is 21.4. The van der Waals surface area contributed by atoms with Gasteiger partial charge >= 0.3 is 179 Å². The van der Waals surface area contributed by atoms with E-state index in [0.717, 1.165) is 33.4 Å². The van der Waals surface area contributed by atoms with Crippen LogP contribution < -0.4 is 0 Å². The van der Waals surface area contributed by atoms with Crippen LogP contribution in [0.3, 0.4) is 0 Å². The Morgan fingerprint density at radius 1 is 0.800 bits per heavy atom. The first-order chi connectivity index (χ1) is 14.6. The van der Waals surface area contributed by atoms with Crippen molar-refractivity contribution in [1.29, 1.82) is 0 Å². The molecule has 1 saturated heterocycles. The zero-order valence-electron chi connectivity index (χ0n) is 15.9. The third-order valence-corrected chi connectivity index (χ3v) is 12.2. The number of fused-ring (bicyclic) bond motifs is 6. The van der Waals surface area contributed by atoms with Gasteiger partial charge in [0.1, 0.15) is 0 Å². The number of hydrogen-bond acceptors (Lipinski definition) is 4. The van der Waals surface area contributed by atoms with Crippen molar-refractivity contribution in [2.24, 2.45) is 0 Å². The van der Waals surface area contributed by atoms with Gasteiger partial charge in [-0.25, -0.2) is 0 Å². The molecule has 1 fully saturated rings. The van der Waals surface area contributed by atoms with Gasteiger partial charge in [0.2, 0.25) is 0 Å². The van der Waals surface area contributed by atoms with Gasteiger partial charge in [-0.05, 0) is 0 Å². The van der Waals surface area contributed by atoms with Gasteiger partial charge in [-0.3, -0.25) is 0 Å². The average Bonchev–Trinajstić information content (AvgIpc) is 3.32. The van der Waals surface area contributed by atoms with Crippen molar-refractivity contribution in [3.8, 4) is 24.7 Å². The second-order valence-electron chi connectivity index (χ2n) is 7.53. The van der Waals surface area contributed by atoms with Crippen LogP contribution in [0.5, 0.6) is 0 Å². The van der Waals surface area contributed by atoms with Crippen LogP contribution in [0.2, 0.25) is 0 Å². The van der Waals surface area contributed by atoms with Crippen LogP contribution in [0.15, 0.2) is 59.7 Å². The van der Waals surface area contributed by atoms with Gasteiger partial charge in [0, 0.05) is 0 Å². The van der Waals surface area contributed by atoms with Crippen LogP contribution in [0.1, 0.15) is 37.1 Å². The number of terminal acetylenes is 2. The molecule has 1 aliphatic heterocycles. The summed E-state index contributed by atoms with van der Waals surface area (Å²) >= 11 is -4.44. The molecule has 0 saturated carbocycles. The van der Waals surface area contributed by atoms with Crippen molar-refractivity contribution in [2.45, 2.75) is 14.9 Å². The molecule has 2 aromatic rings. The molecule has 2 aromatic carbocycles. The van der Waals surface area contributed by atoms with E-state index in [0.29, 0.717) is 6.42 Å². The SMILES string of the molecule is C#CC(=O)[O][Ti]1([O]C(=O)C#C)[CH]2C(=Cc3ccccc32)CC2=Cc3ccccc3[CH]21.